The number of fused-ring (bicyclic) bond motifs is 1. The Kier molecular flexibility index (Phi) is 5.81. The van der Waals surface area contributed by atoms with Crippen LogP contribution in [0.25, 0.3) is 0 Å². The van der Waals surface area contributed by atoms with Crippen LogP contribution in [0.3, 0.4) is 0 Å². The lowest BCUT2D eigenvalue weighted by Gasteiger charge is -2.33. The number of hydrogen-bond donors (Lipinski definition) is 2. The van der Waals surface area contributed by atoms with E-state index in [1.807, 2.05) is 0 Å². The minimum atomic E-state index is -4.57. The summed E-state index contributed by atoms with van der Waals surface area (Å²) in [5.74, 6) is -0.566. The molecule has 0 saturated carbocycles. The largest absolute Gasteiger partial charge is 0.410 e. The van der Waals surface area contributed by atoms with Gasteiger partial charge in [0.15, 0.2) is 11.7 Å². The topological polar surface area (TPSA) is 59.0 Å². The summed E-state index contributed by atoms with van der Waals surface area (Å²) in [7, 11) is 0. The SMILES string of the molecule is O=C(Nc1ccc(Cl)cc1)c1cc2n(n1)[C@H](C(F)(F)F)C[C@H](c1ccc(Cl)c(Cl)c1)N2. The number of carbonyl (C=O) groups is 1. The number of halogens is 6. The molecule has 2 heterocycles. The fourth-order valence-electron chi connectivity index (χ4n) is 3.36. The third-order valence-corrected chi connectivity index (χ3v) is 5.86. The van der Waals surface area contributed by atoms with Gasteiger partial charge in [-0.1, -0.05) is 40.9 Å². The van der Waals surface area contributed by atoms with Gasteiger partial charge in [-0.3, -0.25) is 4.79 Å². The molecule has 0 unspecified atom stereocenters. The molecule has 1 aliphatic heterocycles. The van der Waals surface area contributed by atoms with E-state index in [0.717, 1.165) is 4.68 Å². The molecule has 0 spiro atoms. The van der Waals surface area contributed by atoms with E-state index in [9.17, 15) is 18.0 Å². The number of rotatable bonds is 3. The van der Waals surface area contributed by atoms with Crippen molar-refractivity contribution in [2.45, 2.75) is 24.7 Å². The summed E-state index contributed by atoms with van der Waals surface area (Å²) >= 11 is 17.8. The maximum atomic E-state index is 13.8. The van der Waals surface area contributed by atoms with E-state index in [-0.39, 0.29) is 23.0 Å². The van der Waals surface area contributed by atoms with Crippen LogP contribution < -0.4 is 10.6 Å². The highest BCUT2D eigenvalue weighted by atomic mass is 35.5. The molecule has 2 N–H and O–H groups in total. The maximum absolute atomic E-state index is 13.8. The standard InChI is InChI=1S/C20H14Cl3F3N4O/c21-11-2-4-12(5-3-11)27-19(31)16-9-18-28-15(10-1-6-13(22)14(23)7-10)8-17(20(24,25)26)30(18)29-16/h1-7,9,15,17,28H,8H2,(H,27,31)/t15-,17+/m1/s1. The Morgan fingerprint density at radius 3 is 2.42 bits per heavy atom. The average Bonchev–Trinajstić information content (AvgIpc) is 3.14. The summed E-state index contributed by atoms with van der Waals surface area (Å²) in [6, 6.07) is 9.65. The molecule has 2 atom stereocenters. The predicted octanol–water partition coefficient (Wildman–Crippen LogP) is 6.76. The van der Waals surface area contributed by atoms with Crippen LogP contribution in [0.5, 0.6) is 0 Å². The number of aromatic nitrogens is 2. The lowest BCUT2D eigenvalue weighted by molar-refractivity contribution is -0.173. The van der Waals surface area contributed by atoms with Crippen LogP contribution in [0, 0.1) is 0 Å². The Morgan fingerprint density at radius 1 is 1.06 bits per heavy atom. The van der Waals surface area contributed by atoms with Crippen LogP contribution in [-0.2, 0) is 0 Å². The Morgan fingerprint density at radius 2 is 1.77 bits per heavy atom. The fourth-order valence-corrected chi connectivity index (χ4v) is 3.79. The van der Waals surface area contributed by atoms with Crippen molar-refractivity contribution in [1.82, 2.24) is 9.78 Å². The zero-order valence-corrected chi connectivity index (χ0v) is 17.8. The molecule has 0 fully saturated rings. The molecule has 1 aliphatic rings. The van der Waals surface area contributed by atoms with Crippen LogP contribution in [-0.4, -0.2) is 21.9 Å². The van der Waals surface area contributed by atoms with E-state index in [1.165, 1.54) is 18.2 Å². The molecule has 5 nitrogen and oxygen atoms in total. The normalized spacial score (nSPS) is 18.3. The van der Waals surface area contributed by atoms with Gasteiger partial charge in [0.1, 0.15) is 5.82 Å². The van der Waals surface area contributed by atoms with Crippen molar-refractivity contribution < 1.29 is 18.0 Å². The second kappa shape index (κ2) is 8.26. The van der Waals surface area contributed by atoms with Crippen molar-refractivity contribution in [3.63, 3.8) is 0 Å². The molecule has 3 aromatic rings. The van der Waals surface area contributed by atoms with Gasteiger partial charge < -0.3 is 10.6 Å². The Balaban J connectivity index is 1.64. The van der Waals surface area contributed by atoms with Gasteiger partial charge in [0.2, 0.25) is 0 Å². The van der Waals surface area contributed by atoms with Gasteiger partial charge in [-0.05, 0) is 42.0 Å². The molecular weight excluding hydrogens is 476 g/mol. The number of hydrogen-bond acceptors (Lipinski definition) is 3. The van der Waals surface area contributed by atoms with E-state index in [1.54, 1.807) is 30.3 Å². The van der Waals surface area contributed by atoms with Gasteiger partial charge >= 0.3 is 6.18 Å². The molecular formula is C20H14Cl3F3N4O. The van der Waals surface area contributed by atoms with Gasteiger partial charge in [-0.2, -0.15) is 18.3 Å². The second-order valence-electron chi connectivity index (χ2n) is 6.98. The van der Waals surface area contributed by atoms with Crippen LogP contribution in [0.15, 0.2) is 48.5 Å². The van der Waals surface area contributed by atoms with Crippen LogP contribution in [0.4, 0.5) is 24.7 Å². The fraction of sp³-hybridized carbons (Fsp3) is 0.200. The summed E-state index contributed by atoms with van der Waals surface area (Å²) in [5, 5.41) is 10.6. The average molecular weight is 490 g/mol. The highest BCUT2D eigenvalue weighted by Crippen LogP contribution is 2.44. The first-order chi connectivity index (χ1) is 14.6. The molecule has 0 saturated heterocycles. The highest BCUT2D eigenvalue weighted by Gasteiger charge is 2.46. The van der Waals surface area contributed by atoms with Crippen molar-refractivity contribution in [3.05, 3.63) is 74.9 Å². The quantitative estimate of drug-likeness (QED) is 0.427. The number of alkyl halides is 3. The molecule has 1 amide bonds. The Labute approximate surface area is 190 Å². The van der Waals surface area contributed by atoms with Crippen molar-refractivity contribution in [2.75, 3.05) is 10.6 Å². The van der Waals surface area contributed by atoms with Gasteiger partial charge in [-0.15, -0.1) is 0 Å². The Hall–Kier alpha value is -2.42. The summed E-state index contributed by atoms with van der Waals surface area (Å²) in [5.41, 5.74) is 0.833. The van der Waals surface area contributed by atoms with Crippen LogP contribution in [0.2, 0.25) is 15.1 Å². The zero-order chi connectivity index (χ0) is 22.3. The van der Waals surface area contributed by atoms with E-state index in [0.29, 0.717) is 21.3 Å². The monoisotopic (exact) mass is 488 g/mol. The van der Waals surface area contributed by atoms with Gasteiger partial charge in [0.05, 0.1) is 16.1 Å². The third kappa shape index (κ3) is 4.61. The first kappa shape index (κ1) is 21.8. The summed E-state index contributed by atoms with van der Waals surface area (Å²) in [6.07, 6.45) is -4.89. The lowest BCUT2D eigenvalue weighted by Crippen LogP contribution is -2.35. The first-order valence-electron chi connectivity index (χ1n) is 9.06. The molecule has 1 aromatic heterocycles. The summed E-state index contributed by atoms with van der Waals surface area (Å²) in [4.78, 5) is 12.5. The summed E-state index contributed by atoms with van der Waals surface area (Å²) < 4.78 is 42.2. The smallest absolute Gasteiger partial charge is 0.363 e. The summed E-state index contributed by atoms with van der Waals surface area (Å²) in [6.45, 7) is 0. The lowest BCUT2D eigenvalue weighted by atomic mass is 9.97. The molecule has 0 aliphatic carbocycles. The number of benzene rings is 2. The van der Waals surface area contributed by atoms with Crippen molar-refractivity contribution in [3.8, 4) is 0 Å². The minimum Gasteiger partial charge on any atom is -0.363 e. The zero-order valence-electron chi connectivity index (χ0n) is 15.6. The van der Waals surface area contributed by atoms with Crippen LogP contribution >= 0.6 is 34.8 Å². The molecule has 31 heavy (non-hydrogen) atoms. The third-order valence-electron chi connectivity index (χ3n) is 4.87. The highest BCUT2D eigenvalue weighted by molar-refractivity contribution is 6.42. The molecule has 11 heteroatoms. The molecule has 4 rings (SSSR count). The molecule has 162 valence electrons. The Bertz CT molecular complexity index is 1130. The van der Waals surface area contributed by atoms with Crippen molar-refractivity contribution >= 4 is 52.2 Å². The van der Waals surface area contributed by atoms with Gasteiger partial charge in [0, 0.05) is 23.2 Å². The van der Waals surface area contributed by atoms with Crippen molar-refractivity contribution in [1.29, 1.82) is 0 Å². The van der Waals surface area contributed by atoms with Gasteiger partial charge in [-0.25, -0.2) is 4.68 Å². The van der Waals surface area contributed by atoms with Gasteiger partial charge in [0.25, 0.3) is 5.91 Å². The first-order valence-corrected chi connectivity index (χ1v) is 10.2. The van der Waals surface area contributed by atoms with Crippen LogP contribution in [0.1, 0.15) is 34.6 Å². The van der Waals surface area contributed by atoms with E-state index in [4.69, 9.17) is 34.8 Å². The number of anilines is 2. The minimum absolute atomic E-state index is 0.0749. The molecule has 0 bridgehead atoms. The number of nitrogens with zero attached hydrogens (tertiary/aromatic N) is 2. The van der Waals surface area contributed by atoms with Crippen molar-refractivity contribution in [2.24, 2.45) is 0 Å². The second-order valence-corrected chi connectivity index (χ2v) is 8.23. The number of carbonyl (C=O) groups excluding carboxylic acids is 1. The maximum Gasteiger partial charge on any atom is 0.410 e. The molecule has 0 radical (unpaired) electrons. The molecule has 2 aromatic carbocycles. The van der Waals surface area contributed by atoms with E-state index in [2.05, 4.69) is 15.7 Å². The number of nitrogens with one attached hydrogen (secondary N) is 2. The van der Waals surface area contributed by atoms with E-state index >= 15 is 0 Å². The predicted molar refractivity (Wildman–Crippen MR) is 114 cm³/mol. The van der Waals surface area contributed by atoms with E-state index < -0.39 is 24.2 Å². The number of amides is 1.